The molecule has 9 atom stereocenters. The van der Waals surface area contributed by atoms with Gasteiger partial charge in [-0.15, -0.1) is 0 Å². The Kier molecular flexibility index (Phi) is 20.2. The Hall–Kier alpha value is -12.4. The third kappa shape index (κ3) is 13.7. The van der Waals surface area contributed by atoms with E-state index in [4.69, 9.17) is 0 Å². The van der Waals surface area contributed by atoms with E-state index < -0.39 is 52.5 Å². The van der Waals surface area contributed by atoms with Crippen LogP contribution in [0.25, 0.3) is 32.7 Å². The molecule has 9 heterocycles. The molecule has 9 amide bonds. The average Bonchev–Trinajstić information content (AvgIpc) is 1.58. The minimum atomic E-state index is -0.965. The summed E-state index contributed by atoms with van der Waals surface area (Å²) in [6.07, 6.45) is 1.90. The first-order valence-electron chi connectivity index (χ1n) is 36.7. The molecule has 3 aromatic heterocycles. The number of likely N-dealkylation sites (tertiary alicyclic amines) is 3. The van der Waals surface area contributed by atoms with Crippen molar-refractivity contribution < 1.29 is 43.2 Å². The fourth-order valence-electron chi connectivity index (χ4n) is 16.6. The highest BCUT2D eigenvalue weighted by molar-refractivity contribution is 6.10. The lowest BCUT2D eigenvalue weighted by Gasteiger charge is -2.28. The lowest BCUT2D eigenvalue weighted by Crippen LogP contribution is -2.51. The molecule has 24 heteroatoms. The zero-order chi connectivity index (χ0) is 76.8. The topological polar surface area (TPSA) is 354 Å². The summed E-state index contributed by atoms with van der Waals surface area (Å²) < 4.78 is 0. The number of nitriles is 3. The normalized spacial score (nSPS) is 21.5. The van der Waals surface area contributed by atoms with Crippen LogP contribution in [-0.4, -0.2) is 139 Å². The van der Waals surface area contributed by atoms with Gasteiger partial charge in [-0.3, -0.25) is 43.2 Å². The molecular formula is C84H87N15O9. The molecule has 552 valence electrons. The van der Waals surface area contributed by atoms with E-state index in [1.807, 2.05) is 190 Å². The van der Waals surface area contributed by atoms with Gasteiger partial charge >= 0.3 is 0 Å². The summed E-state index contributed by atoms with van der Waals surface area (Å²) in [5.74, 6) is -2.39. The van der Waals surface area contributed by atoms with Crippen molar-refractivity contribution in [1.29, 1.82) is 15.8 Å². The van der Waals surface area contributed by atoms with Crippen molar-refractivity contribution in [2.45, 2.75) is 153 Å². The van der Waals surface area contributed by atoms with E-state index in [0.29, 0.717) is 36.3 Å². The van der Waals surface area contributed by atoms with Gasteiger partial charge in [-0.1, -0.05) is 133 Å². The maximum Gasteiger partial charge on any atom is 0.268 e. The molecule has 6 aromatic carbocycles. The second kappa shape index (κ2) is 29.5. The van der Waals surface area contributed by atoms with E-state index in [-0.39, 0.29) is 110 Å². The van der Waals surface area contributed by atoms with Crippen LogP contribution >= 0.6 is 0 Å². The van der Waals surface area contributed by atoms with Crippen LogP contribution in [0, 0.1) is 72.5 Å². The third-order valence-electron chi connectivity index (χ3n) is 22.1. The van der Waals surface area contributed by atoms with E-state index in [2.05, 4.69) is 65.1 Å². The third-order valence-corrected chi connectivity index (χ3v) is 22.1. The summed E-state index contributed by atoms with van der Waals surface area (Å²) >= 11 is 0. The first-order valence-corrected chi connectivity index (χ1v) is 36.7. The number of nitrogens with one attached hydrogen (secondary N) is 9. The predicted molar refractivity (Wildman–Crippen MR) is 409 cm³/mol. The highest BCUT2D eigenvalue weighted by Crippen LogP contribution is 2.50. The minimum Gasteiger partial charge on any atom is -0.351 e. The number of hydrogen-bond donors (Lipinski definition) is 9. The van der Waals surface area contributed by atoms with Crippen LogP contribution in [0.3, 0.4) is 0 Å². The molecule has 6 aliphatic heterocycles. The van der Waals surface area contributed by atoms with Crippen molar-refractivity contribution in [3.8, 4) is 18.2 Å². The number of H-pyrrole nitrogens is 3. The minimum absolute atomic E-state index is 0.100. The molecule has 9 N–H and O–H groups in total. The molecule has 1 unspecified atom stereocenters. The van der Waals surface area contributed by atoms with Crippen molar-refractivity contribution in [1.82, 2.24) is 45.6 Å². The SMILES string of the molecule is Cc1cccc2[nH]c(C(=O)NC(CC(C)C)C(=O)N3C[C@]4(C[C@H]3C#N)C(=O)Nc3ccccc34)cc12.Cc1cccc2[nH]c(C(=O)N[C@@H](CC(C)C)C(=O)N3C[C@]4(C[C@H]3C#N)C(=O)Nc3ccccc34)cc12.Cc1cccc2[nH]c(C(=O)N[C@H](CC(C)C)C(=O)N3C[C@]4(C[C@H]3C#N)C(=O)Nc3ccccc34)cc12. The average molecular weight is 1450 g/mol. The number of para-hydroxylation sites is 3. The molecule has 6 aliphatic rings. The Labute approximate surface area is 625 Å². The highest BCUT2D eigenvalue weighted by Gasteiger charge is 2.59. The number of nitrogens with zero attached hydrogens (tertiary/aromatic N) is 6. The van der Waals surface area contributed by atoms with Crippen LogP contribution in [-0.2, 0) is 45.0 Å². The quantitative estimate of drug-likeness (QED) is 0.0463. The summed E-state index contributed by atoms with van der Waals surface area (Å²) in [4.78, 5) is 134. The van der Waals surface area contributed by atoms with E-state index >= 15 is 0 Å². The molecule has 24 nitrogen and oxygen atoms in total. The first kappa shape index (κ1) is 73.9. The molecule has 0 radical (unpaired) electrons. The number of carbonyl (C=O) groups excluding carboxylic acids is 9. The Balaban J connectivity index is 0.000000143. The van der Waals surface area contributed by atoms with Gasteiger partial charge in [0.2, 0.25) is 35.4 Å². The van der Waals surface area contributed by atoms with Crippen molar-refractivity contribution in [2.24, 2.45) is 17.8 Å². The van der Waals surface area contributed by atoms with Crippen molar-refractivity contribution in [3.05, 3.63) is 196 Å². The van der Waals surface area contributed by atoms with Gasteiger partial charge < -0.3 is 61.6 Å². The molecule has 0 bridgehead atoms. The number of anilines is 3. The number of carbonyl (C=O) groups is 9. The van der Waals surface area contributed by atoms with Gasteiger partial charge in [-0.05, 0) is 146 Å². The van der Waals surface area contributed by atoms with Gasteiger partial charge in [0.05, 0.1) is 34.5 Å². The number of rotatable bonds is 15. The number of hydrogen-bond acceptors (Lipinski definition) is 12. The Morgan fingerprint density at radius 3 is 0.907 bits per heavy atom. The molecule has 15 rings (SSSR count). The van der Waals surface area contributed by atoms with Gasteiger partial charge in [0.1, 0.15) is 53.3 Å². The molecule has 0 saturated carbocycles. The Bertz CT molecular complexity index is 4770. The van der Waals surface area contributed by atoms with Crippen molar-refractivity contribution in [3.63, 3.8) is 0 Å². The number of aromatic nitrogens is 3. The zero-order valence-corrected chi connectivity index (χ0v) is 61.8. The lowest BCUT2D eigenvalue weighted by atomic mass is 9.80. The maximum absolute atomic E-state index is 13.8. The van der Waals surface area contributed by atoms with E-state index in [0.717, 1.165) is 83.2 Å². The summed E-state index contributed by atoms with van der Waals surface area (Å²) in [5.41, 5.74) is 8.51. The fourth-order valence-corrected chi connectivity index (χ4v) is 16.6. The van der Waals surface area contributed by atoms with E-state index in [1.54, 1.807) is 18.2 Å². The zero-order valence-electron chi connectivity index (χ0n) is 61.8. The van der Waals surface area contributed by atoms with Crippen LogP contribution in [0.2, 0.25) is 0 Å². The molecule has 3 saturated heterocycles. The number of aromatic amines is 3. The van der Waals surface area contributed by atoms with Crippen LogP contribution < -0.4 is 31.9 Å². The van der Waals surface area contributed by atoms with Crippen molar-refractivity contribution in [2.75, 3.05) is 35.6 Å². The van der Waals surface area contributed by atoms with Crippen molar-refractivity contribution >= 4 is 103 Å². The van der Waals surface area contributed by atoms with Crippen LogP contribution in [0.5, 0.6) is 0 Å². The maximum atomic E-state index is 13.8. The van der Waals surface area contributed by atoms with E-state index in [9.17, 15) is 58.9 Å². The van der Waals surface area contributed by atoms with Gasteiger partial charge in [0.25, 0.3) is 17.7 Å². The Morgan fingerprint density at radius 2 is 0.667 bits per heavy atom. The molecule has 3 fully saturated rings. The van der Waals surface area contributed by atoms with Gasteiger partial charge in [-0.2, -0.15) is 15.8 Å². The molecule has 9 aromatic rings. The summed E-state index contributed by atoms with van der Waals surface area (Å²) in [6, 6.07) is 46.9. The monoisotopic (exact) mass is 1450 g/mol. The molecule has 0 aliphatic carbocycles. The van der Waals surface area contributed by atoms with Gasteiger partial charge in [0.15, 0.2) is 0 Å². The van der Waals surface area contributed by atoms with Crippen LogP contribution in [0.1, 0.15) is 145 Å². The first-order chi connectivity index (χ1) is 51.7. The predicted octanol–water partition coefficient (Wildman–Crippen LogP) is 10.9. The highest BCUT2D eigenvalue weighted by atomic mass is 16.2. The van der Waals surface area contributed by atoms with Gasteiger partial charge in [0, 0.05) is 88.7 Å². The number of fused-ring (bicyclic) bond motifs is 9. The van der Waals surface area contributed by atoms with E-state index in [1.165, 1.54) is 14.7 Å². The molecule has 3 spiro atoms. The summed E-state index contributed by atoms with van der Waals surface area (Å²) in [5, 5.41) is 50.1. The Morgan fingerprint density at radius 1 is 0.407 bits per heavy atom. The number of benzene rings is 6. The smallest absolute Gasteiger partial charge is 0.268 e. The summed E-state index contributed by atoms with van der Waals surface area (Å²) in [7, 11) is 0. The standard InChI is InChI=1S/3C28H29N5O3/c3*1-16(2)11-24(31-25(34)23-12-19-17(3)7-6-10-21(19)30-23)26(35)33-15-28(13-18(33)14-29)20-8-4-5-9-22(20)32-27(28)36/h3*4-10,12,16,18,24,30H,11,13,15H2,1-3H3,(H,31,34)(H,32,36)/t18-,24?,28-;18-,24+,28-;18-,24-,28-/m000/s1. The lowest BCUT2D eigenvalue weighted by molar-refractivity contribution is -0.135. The number of aryl methyl sites for hydroxylation is 3. The van der Waals surface area contributed by atoms with Crippen LogP contribution in [0.4, 0.5) is 17.1 Å². The molecule has 108 heavy (non-hydrogen) atoms. The second-order valence-electron chi connectivity index (χ2n) is 30.8. The largest absolute Gasteiger partial charge is 0.351 e. The fraction of sp³-hybridized carbons (Fsp3) is 0.357. The second-order valence-corrected chi connectivity index (χ2v) is 30.8. The van der Waals surface area contributed by atoms with Gasteiger partial charge in [-0.25, -0.2) is 0 Å². The van der Waals surface area contributed by atoms with Crippen LogP contribution in [0.15, 0.2) is 146 Å². The summed E-state index contributed by atoms with van der Waals surface area (Å²) in [6.45, 7) is 18.1. The molecular weight excluding hydrogens is 1360 g/mol. The number of amides is 9.